The van der Waals surface area contributed by atoms with Crippen molar-refractivity contribution in [3.05, 3.63) is 75.7 Å². The highest BCUT2D eigenvalue weighted by atomic mass is 35.5. The van der Waals surface area contributed by atoms with Crippen LogP contribution < -0.4 is 10.5 Å². The first-order chi connectivity index (χ1) is 20.3. The van der Waals surface area contributed by atoms with E-state index in [1.165, 1.54) is 35.2 Å². The summed E-state index contributed by atoms with van der Waals surface area (Å²) in [5.41, 5.74) is 7.16. The van der Waals surface area contributed by atoms with E-state index in [4.69, 9.17) is 38.4 Å². The Kier molecular flexibility index (Phi) is 7.00. The molecule has 2 aliphatic rings. The van der Waals surface area contributed by atoms with Crippen molar-refractivity contribution in [2.24, 2.45) is 5.73 Å². The molecule has 2 aromatic heterocycles. The van der Waals surface area contributed by atoms with Crippen LogP contribution in [0.4, 0.5) is 0 Å². The average molecular weight is 643 g/mol. The van der Waals surface area contributed by atoms with Crippen LogP contribution in [0.15, 0.2) is 53.7 Å². The van der Waals surface area contributed by atoms with Gasteiger partial charge in [-0.15, -0.1) is 0 Å². The first-order valence-corrected chi connectivity index (χ1v) is 15.4. The Balaban J connectivity index is 1.67. The van der Waals surface area contributed by atoms with E-state index in [-0.39, 0.29) is 45.2 Å². The number of benzene rings is 2. The summed E-state index contributed by atoms with van der Waals surface area (Å²) in [6.07, 6.45) is 2.89. The standard InChI is InChI=1S/C29H25Cl2N5O6S/c1-29(2)13-42-14-35(29)28(38)24-26-25(36(34-24)20-7-18(30)6-19(31)8-20)22-9-21(15-4-16(27(32)37)11-33-10-15)23(41-3)5-17(22)12-43(26,39)40/h4-11H,12-14H2,1-3H3,(H2,32,37). The maximum Gasteiger partial charge on any atom is 0.278 e. The van der Waals surface area contributed by atoms with Gasteiger partial charge in [0.15, 0.2) is 15.5 Å². The number of pyridine rings is 1. The second kappa shape index (κ2) is 10.3. The second-order valence-electron chi connectivity index (χ2n) is 10.9. The van der Waals surface area contributed by atoms with Gasteiger partial charge in [-0.1, -0.05) is 23.2 Å². The number of hydrogen-bond donors (Lipinski definition) is 1. The third kappa shape index (κ3) is 4.93. The van der Waals surface area contributed by atoms with Crippen molar-refractivity contribution < 1.29 is 27.5 Å². The molecule has 222 valence electrons. The van der Waals surface area contributed by atoms with Crippen LogP contribution in [0.2, 0.25) is 10.0 Å². The van der Waals surface area contributed by atoms with Crippen LogP contribution in [0.3, 0.4) is 0 Å². The molecule has 43 heavy (non-hydrogen) atoms. The van der Waals surface area contributed by atoms with Crippen LogP contribution in [-0.4, -0.2) is 65.9 Å². The molecule has 0 spiro atoms. The summed E-state index contributed by atoms with van der Waals surface area (Å²) in [6.45, 7) is 3.92. The number of carbonyl (C=O) groups is 2. The van der Waals surface area contributed by atoms with Gasteiger partial charge in [-0.2, -0.15) is 5.10 Å². The minimum Gasteiger partial charge on any atom is -0.496 e. The Bertz CT molecular complexity index is 1940. The Hall–Kier alpha value is -3.97. The smallest absolute Gasteiger partial charge is 0.278 e. The molecule has 1 fully saturated rings. The fourth-order valence-corrected chi connectivity index (χ4v) is 7.60. The number of methoxy groups -OCH3 is 1. The van der Waals surface area contributed by atoms with E-state index in [2.05, 4.69) is 10.1 Å². The predicted molar refractivity (Wildman–Crippen MR) is 159 cm³/mol. The van der Waals surface area contributed by atoms with E-state index in [1.807, 2.05) is 13.8 Å². The van der Waals surface area contributed by atoms with Gasteiger partial charge >= 0.3 is 0 Å². The molecular formula is C29H25Cl2N5O6S. The van der Waals surface area contributed by atoms with Crippen molar-refractivity contribution >= 4 is 44.9 Å². The van der Waals surface area contributed by atoms with Gasteiger partial charge in [0.25, 0.3) is 5.91 Å². The van der Waals surface area contributed by atoms with Gasteiger partial charge in [0.05, 0.1) is 42.0 Å². The molecule has 14 heteroatoms. The summed E-state index contributed by atoms with van der Waals surface area (Å²) in [5, 5.41) is 5.18. The normalized spacial score (nSPS) is 16.4. The van der Waals surface area contributed by atoms with Gasteiger partial charge in [0, 0.05) is 39.1 Å². The molecular weight excluding hydrogens is 617 g/mol. The van der Waals surface area contributed by atoms with E-state index < -0.39 is 32.9 Å². The van der Waals surface area contributed by atoms with Crippen molar-refractivity contribution in [3.63, 3.8) is 0 Å². The number of ether oxygens (including phenoxy) is 2. The molecule has 2 amide bonds. The molecule has 0 radical (unpaired) electrons. The second-order valence-corrected chi connectivity index (χ2v) is 13.7. The van der Waals surface area contributed by atoms with Gasteiger partial charge < -0.3 is 20.1 Å². The zero-order valence-corrected chi connectivity index (χ0v) is 25.5. The Morgan fingerprint density at radius 1 is 1.05 bits per heavy atom. The lowest BCUT2D eigenvalue weighted by Crippen LogP contribution is -2.44. The maximum absolute atomic E-state index is 14.0. The number of fused-ring (bicyclic) bond motifs is 3. The Labute approximate surface area is 257 Å². The maximum atomic E-state index is 14.0. The van der Waals surface area contributed by atoms with Gasteiger partial charge in [0.1, 0.15) is 17.4 Å². The summed E-state index contributed by atoms with van der Waals surface area (Å²) >= 11 is 12.7. The largest absolute Gasteiger partial charge is 0.496 e. The van der Waals surface area contributed by atoms with Crippen molar-refractivity contribution in [3.8, 4) is 33.8 Å². The highest BCUT2D eigenvalue weighted by Crippen LogP contribution is 2.46. The van der Waals surface area contributed by atoms with Gasteiger partial charge in [-0.25, -0.2) is 13.1 Å². The van der Waals surface area contributed by atoms with E-state index in [9.17, 15) is 18.0 Å². The van der Waals surface area contributed by atoms with Crippen molar-refractivity contribution in [1.29, 1.82) is 0 Å². The number of nitrogens with two attached hydrogens (primary N) is 1. The summed E-state index contributed by atoms with van der Waals surface area (Å²) in [6, 6.07) is 9.59. The van der Waals surface area contributed by atoms with Crippen LogP contribution in [0, 0.1) is 0 Å². The molecule has 0 bridgehead atoms. The molecule has 2 N–H and O–H groups in total. The third-order valence-corrected chi connectivity index (χ3v) is 9.59. The molecule has 0 aliphatic carbocycles. The number of primary amides is 1. The molecule has 2 aromatic carbocycles. The monoisotopic (exact) mass is 641 g/mol. The number of aromatic nitrogens is 3. The van der Waals surface area contributed by atoms with Gasteiger partial charge in [-0.05, 0) is 55.8 Å². The topological polar surface area (TPSA) is 147 Å². The minimum atomic E-state index is -4.09. The molecule has 0 saturated carbocycles. The van der Waals surface area contributed by atoms with Crippen LogP contribution in [0.25, 0.3) is 28.1 Å². The zero-order chi connectivity index (χ0) is 30.8. The van der Waals surface area contributed by atoms with Gasteiger partial charge in [0.2, 0.25) is 5.91 Å². The van der Waals surface area contributed by atoms with Crippen LogP contribution in [-0.2, 0) is 20.3 Å². The molecule has 2 aliphatic heterocycles. The summed E-state index contributed by atoms with van der Waals surface area (Å²) in [5.74, 6) is -1.31. The molecule has 1 saturated heterocycles. The number of rotatable bonds is 5. The minimum absolute atomic E-state index is 0.0162. The van der Waals surface area contributed by atoms with E-state index in [0.29, 0.717) is 33.7 Å². The highest BCUT2D eigenvalue weighted by Gasteiger charge is 2.44. The summed E-state index contributed by atoms with van der Waals surface area (Å²) in [4.78, 5) is 31.3. The number of carbonyl (C=O) groups excluding carboxylic acids is 2. The number of halogens is 2. The fourth-order valence-electron chi connectivity index (χ4n) is 5.38. The van der Waals surface area contributed by atoms with E-state index in [1.54, 1.807) is 30.3 Å². The number of hydrogen-bond acceptors (Lipinski definition) is 8. The highest BCUT2D eigenvalue weighted by molar-refractivity contribution is 7.91. The molecule has 4 heterocycles. The van der Waals surface area contributed by atoms with Crippen molar-refractivity contribution in [2.75, 3.05) is 20.4 Å². The predicted octanol–water partition coefficient (Wildman–Crippen LogP) is 4.51. The van der Waals surface area contributed by atoms with E-state index in [0.717, 1.165) is 0 Å². The SMILES string of the molecule is COc1cc2c(cc1-c1cncc(C(N)=O)c1)-c1c(c(C(=O)N3COCC3(C)C)nn1-c1cc(Cl)cc(Cl)c1)S(=O)(=O)C2. The van der Waals surface area contributed by atoms with Crippen molar-refractivity contribution in [2.45, 2.75) is 30.0 Å². The summed E-state index contributed by atoms with van der Waals surface area (Å²) in [7, 11) is -2.64. The van der Waals surface area contributed by atoms with Crippen LogP contribution in [0.5, 0.6) is 5.75 Å². The number of sulfone groups is 1. The quantitative estimate of drug-likeness (QED) is 0.335. The average Bonchev–Trinajstić information content (AvgIpc) is 3.52. The fraction of sp³-hybridized carbons (Fsp3) is 0.241. The molecule has 0 atom stereocenters. The lowest BCUT2D eigenvalue weighted by atomic mass is 9.96. The molecule has 0 unspecified atom stereocenters. The van der Waals surface area contributed by atoms with Crippen LogP contribution in [0.1, 0.15) is 40.3 Å². The third-order valence-electron chi connectivity index (χ3n) is 7.46. The zero-order valence-electron chi connectivity index (χ0n) is 23.2. The first kappa shape index (κ1) is 29.1. The lowest BCUT2D eigenvalue weighted by Gasteiger charge is -2.28. The molecule has 11 nitrogen and oxygen atoms in total. The molecule has 6 rings (SSSR count). The van der Waals surface area contributed by atoms with Gasteiger partial charge in [-0.3, -0.25) is 14.6 Å². The first-order valence-electron chi connectivity index (χ1n) is 13.0. The Morgan fingerprint density at radius 2 is 1.77 bits per heavy atom. The Morgan fingerprint density at radius 3 is 2.40 bits per heavy atom. The van der Waals surface area contributed by atoms with Crippen LogP contribution >= 0.6 is 23.2 Å². The van der Waals surface area contributed by atoms with E-state index >= 15 is 0 Å². The van der Waals surface area contributed by atoms with Crippen molar-refractivity contribution in [1.82, 2.24) is 19.7 Å². The summed E-state index contributed by atoms with van der Waals surface area (Å²) < 4.78 is 40.5. The lowest BCUT2D eigenvalue weighted by molar-refractivity contribution is 0.0594. The number of nitrogens with zero attached hydrogens (tertiary/aromatic N) is 4. The molecule has 4 aromatic rings. The number of amides is 2.